The molecule has 0 spiro atoms. The van der Waals surface area contributed by atoms with Crippen LogP contribution in [0.25, 0.3) is 0 Å². The Hall–Kier alpha value is -0.830. The minimum absolute atomic E-state index is 0.721. The maximum absolute atomic E-state index is 5.55. The fourth-order valence-electron chi connectivity index (χ4n) is 1.47. The first kappa shape index (κ1) is 12.2. The van der Waals surface area contributed by atoms with Crippen molar-refractivity contribution in [2.75, 3.05) is 13.2 Å². The summed E-state index contributed by atoms with van der Waals surface area (Å²) in [7, 11) is 0. The predicted molar refractivity (Wildman–Crippen MR) is 62.0 cm³/mol. The van der Waals surface area contributed by atoms with Crippen LogP contribution in [0.1, 0.15) is 31.7 Å². The van der Waals surface area contributed by atoms with Gasteiger partial charge in [0.15, 0.2) is 0 Å². The normalized spacial score (nSPS) is 11.3. The third-order valence-corrected chi connectivity index (χ3v) is 2.39. The lowest BCUT2D eigenvalue weighted by molar-refractivity contribution is 0.113. The second kappa shape index (κ2) is 5.91. The van der Waals surface area contributed by atoms with Gasteiger partial charge < -0.3 is 4.74 Å². The molecule has 0 radical (unpaired) electrons. The Kier molecular flexibility index (Phi) is 4.82. The summed E-state index contributed by atoms with van der Waals surface area (Å²) in [6.07, 6.45) is 1.14. The van der Waals surface area contributed by atoms with Gasteiger partial charge in [-0.3, -0.25) is 4.68 Å². The van der Waals surface area contributed by atoms with Gasteiger partial charge in [0, 0.05) is 12.3 Å². The monoisotopic (exact) mass is 210 g/mol. The maximum Gasteiger partial charge on any atom is 0.0662 e. The van der Waals surface area contributed by atoms with E-state index in [1.807, 2.05) is 11.6 Å². The quantitative estimate of drug-likeness (QED) is 0.675. The third kappa shape index (κ3) is 4.47. The number of hydrogen-bond acceptors (Lipinski definition) is 2. The molecule has 3 nitrogen and oxygen atoms in total. The molecule has 86 valence electrons. The molecule has 0 aliphatic carbocycles. The topological polar surface area (TPSA) is 27.1 Å². The van der Waals surface area contributed by atoms with Crippen molar-refractivity contribution in [3.63, 3.8) is 0 Å². The largest absolute Gasteiger partial charge is 0.380 e. The van der Waals surface area contributed by atoms with E-state index in [1.165, 1.54) is 5.69 Å². The van der Waals surface area contributed by atoms with Gasteiger partial charge >= 0.3 is 0 Å². The van der Waals surface area contributed by atoms with Gasteiger partial charge in [0.05, 0.1) is 18.8 Å². The Labute approximate surface area is 92.4 Å². The van der Waals surface area contributed by atoms with Crippen LogP contribution in [0.5, 0.6) is 0 Å². The molecule has 0 aliphatic heterocycles. The lowest BCUT2D eigenvalue weighted by Gasteiger charge is -2.07. The first-order valence-corrected chi connectivity index (χ1v) is 5.68. The minimum Gasteiger partial charge on any atom is -0.380 e. The van der Waals surface area contributed by atoms with E-state index in [2.05, 4.69) is 31.9 Å². The minimum atomic E-state index is 0.721. The summed E-state index contributed by atoms with van der Waals surface area (Å²) < 4.78 is 7.56. The van der Waals surface area contributed by atoms with Crippen molar-refractivity contribution in [2.45, 2.75) is 40.7 Å². The molecule has 0 amide bonds. The first-order valence-electron chi connectivity index (χ1n) is 5.68. The van der Waals surface area contributed by atoms with Gasteiger partial charge in [-0.1, -0.05) is 13.8 Å². The van der Waals surface area contributed by atoms with E-state index < -0.39 is 0 Å². The summed E-state index contributed by atoms with van der Waals surface area (Å²) in [6.45, 7) is 11.0. The number of ether oxygens (including phenoxy) is 1. The molecule has 0 atom stereocenters. The van der Waals surface area contributed by atoms with Crippen molar-refractivity contribution in [2.24, 2.45) is 5.92 Å². The average molecular weight is 210 g/mol. The summed E-state index contributed by atoms with van der Waals surface area (Å²) in [5.74, 6) is 0.721. The van der Waals surface area contributed by atoms with Crippen molar-refractivity contribution >= 4 is 0 Å². The fraction of sp³-hybridized carbons (Fsp3) is 0.750. The van der Waals surface area contributed by atoms with Crippen LogP contribution in [0.4, 0.5) is 0 Å². The van der Waals surface area contributed by atoms with Crippen molar-refractivity contribution < 1.29 is 4.74 Å². The zero-order valence-corrected chi connectivity index (χ0v) is 10.3. The number of aromatic nitrogens is 2. The number of aryl methyl sites for hydroxylation is 2. The SMILES string of the molecule is Cc1cc(C)n(CCOCCC(C)C)n1. The predicted octanol–water partition coefficient (Wildman–Crippen LogP) is 2.56. The van der Waals surface area contributed by atoms with Gasteiger partial charge in [0.25, 0.3) is 0 Å². The summed E-state index contributed by atoms with van der Waals surface area (Å²) in [4.78, 5) is 0. The first-order chi connectivity index (χ1) is 7.09. The molecule has 1 aromatic heterocycles. The van der Waals surface area contributed by atoms with Gasteiger partial charge in [-0.2, -0.15) is 5.10 Å². The molecule has 1 heterocycles. The van der Waals surface area contributed by atoms with Gasteiger partial charge in [-0.15, -0.1) is 0 Å². The molecule has 1 rings (SSSR count). The number of nitrogens with zero attached hydrogens (tertiary/aromatic N) is 2. The Bertz CT molecular complexity index is 292. The Morgan fingerprint density at radius 3 is 2.60 bits per heavy atom. The van der Waals surface area contributed by atoms with E-state index >= 15 is 0 Å². The second-order valence-corrected chi connectivity index (χ2v) is 4.45. The molecule has 0 saturated carbocycles. The number of rotatable bonds is 6. The summed E-state index contributed by atoms with van der Waals surface area (Å²) >= 11 is 0. The molecule has 1 aromatic rings. The van der Waals surface area contributed by atoms with Crippen LogP contribution in [0.3, 0.4) is 0 Å². The molecule has 0 aromatic carbocycles. The van der Waals surface area contributed by atoms with Crippen LogP contribution in [0, 0.1) is 19.8 Å². The van der Waals surface area contributed by atoms with E-state index in [4.69, 9.17) is 4.74 Å². The molecule has 3 heteroatoms. The van der Waals surface area contributed by atoms with Crippen molar-refractivity contribution in [1.29, 1.82) is 0 Å². The van der Waals surface area contributed by atoms with E-state index in [1.54, 1.807) is 0 Å². The zero-order chi connectivity index (χ0) is 11.3. The van der Waals surface area contributed by atoms with Crippen LogP contribution >= 0.6 is 0 Å². The number of hydrogen-bond donors (Lipinski definition) is 0. The Morgan fingerprint density at radius 2 is 2.07 bits per heavy atom. The van der Waals surface area contributed by atoms with Crippen LogP contribution in [-0.2, 0) is 11.3 Å². The fourth-order valence-corrected chi connectivity index (χ4v) is 1.47. The lowest BCUT2D eigenvalue weighted by atomic mass is 10.1. The molecular formula is C12H22N2O. The summed E-state index contributed by atoms with van der Waals surface area (Å²) in [6, 6.07) is 2.09. The Balaban J connectivity index is 2.17. The molecule has 0 N–H and O–H groups in total. The standard InChI is InChI=1S/C12H22N2O/c1-10(2)5-7-15-8-6-14-12(4)9-11(3)13-14/h9-10H,5-8H2,1-4H3. The van der Waals surface area contributed by atoms with E-state index in [0.29, 0.717) is 0 Å². The highest BCUT2D eigenvalue weighted by molar-refractivity contribution is 5.06. The smallest absolute Gasteiger partial charge is 0.0662 e. The Morgan fingerprint density at radius 1 is 1.33 bits per heavy atom. The van der Waals surface area contributed by atoms with Gasteiger partial charge in [0.1, 0.15) is 0 Å². The van der Waals surface area contributed by atoms with Crippen molar-refractivity contribution in [3.05, 3.63) is 17.5 Å². The molecule has 15 heavy (non-hydrogen) atoms. The lowest BCUT2D eigenvalue weighted by Crippen LogP contribution is -2.10. The molecule has 0 saturated heterocycles. The zero-order valence-electron chi connectivity index (χ0n) is 10.3. The van der Waals surface area contributed by atoms with Gasteiger partial charge in [-0.05, 0) is 32.3 Å². The van der Waals surface area contributed by atoms with Crippen LogP contribution in [0.15, 0.2) is 6.07 Å². The second-order valence-electron chi connectivity index (χ2n) is 4.45. The van der Waals surface area contributed by atoms with E-state index in [9.17, 15) is 0 Å². The van der Waals surface area contributed by atoms with E-state index in [-0.39, 0.29) is 0 Å². The van der Waals surface area contributed by atoms with E-state index in [0.717, 1.165) is 37.8 Å². The van der Waals surface area contributed by atoms with Crippen LogP contribution in [-0.4, -0.2) is 23.0 Å². The maximum atomic E-state index is 5.55. The molecule has 0 bridgehead atoms. The molecular weight excluding hydrogens is 188 g/mol. The summed E-state index contributed by atoms with van der Waals surface area (Å²) in [5.41, 5.74) is 2.29. The van der Waals surface area contributed by atoms with Crippen LogP contribution in [0.2, 0.25) is 0 Å². The third-order valence-electron chi connectivity index (χ3n) is 2.39. The highest BCUT2D eigenvalue weighted by Crippen LogP contribution is 2.02. The average Bonchev–Trinajstić information content (AvgIpc) is 2.44. The highest BCUT2D eigenvalue weighted by Gasteiger charge is 2.00. The van der Waals surface area contributed by atoms with Crippen molar-refractivity contribution in [3.8, 4) is 0 Å². The van der Waals surface area contributed by atoms with Gasteiger partial charge in [0.2, 0.25) is 0 Å². The van der Waals surface area contributed by atoms with Crippen LogP contribution < -0.4 is 0 Å². The highest BCUT2D eigenvalue weighted by atomic mass is 16.5. The van der Waals surface area contributed by atoms with Crippen molar-refractivity contribution in [1.82, 2.24) is 9.78 Å². The van der Waals surface area contributed by atoms with Gasteiger partial charge in [-0.25, -0.2) is 0 Å². The molecule has 0 unspecified atom stereocenters. The molecule has 0 aliphatic rings. The summed E-state index contributed by atoms with van der Waals surface area (Å²) in [5, 5.41) is 4.38. The molecule has 0 fully saturated rings.